The van der Waals surface area contributed by atoms with Crippen molar-refractivity contribution >= 4 is 0 Å². The molecule has 1 N–H and O–H groups in total. The molecule has 152 valence electrons. The molecule has 1 atom stereocenters. The molecule has 4 rings (SSSR count). The van der Waals surface area contributed by atoms with E-state index in [4.69, 9.17) is 4.74 Å². The fraction of sp³-hybridized carbons (Fsp3) is 0.636. The van der Waals surface area contributed by atoms with Gasteiger partial charge in [-0.1, -0.05) is 0 Å². The second-order valence-corrected chi connectivity index (χ2v) is 8.70. The number of ether oxygens (including phenoxy) is 1. The molecule has 2 saturated heterocycles. The number of piperidine rings is 1. The lowest BCUT2D eigenvalue weighted by molar-refractivity contribution is -0.0838. The van der Waals surface area contributed by atoms with E-state index in [2.05, 4.69) is 58.0 Å². The summed E-state index contributed by atoms with van der Waals surface area (Å²) in [5.41, 5.74) is 5.11. The lowest BCUT2D eigenvalue weighted by atomic mass is 9.88. The summed E-state index contributed by atoms with van der Waals surface area (Å²) >= 11 is 0. The van der Waals surface area contributed by atoms with Crippen LogP contribution in [-0.4, -0.2) is 63.4 Å². The fourth-order valence-electron chi connectivity index (χ4n) is 4.75. The molecule has 28 heavy (non-hydrogen) atoms. The maximum atomic E-state index is 6.63. The Morgan fingerprint density at radius 3 is 2.64 bits per heavy atom. The number of aryl methyl sites for hydroxylation is 2. The third-order valence-corrected chi connectivity index (χ3v) is 6.49. The lowest BCUT2D eigenvalue weighted by Crippen LogP contribution is -2.44. The van der Waals surface area contributed by atoms with Crippen LogP contribution >= 0.6 is 0 Å². The van der Waals surface area contributed by atoms with Crippen LogP contribution in [0.2, 0.25) is 0 Å². The standard InChI is InChI=1S/C22H33N5O/c1-17-21(18(2)25-24-17)16-27-12-8-22(9-13-27)7-4-20(28-22)15-26(3)14-19-5-10-23-11-6-19/h5-6,10-11,20H,4,7-9,12-16H2,1-3H3,(H,24,25). The molecule has 2 aliphatic heterocycles. The minimum atomic E-state index is 0.110. The number of likely N-dealkylation sites (N-methyl/N-ethyl adjacent to an activating group) is 1. The second kappa shape index (κ2) is 8.31. The summed E-state index contributed by atoms with van der Waals surface area (Å²) in [5, 5.41) is 7.44. The summed E-state index contributed by atoms with van der Waals surface area (Å²) in [6, 6.07) is 4.18. The van der Waals surface area contributed by atoms with Gasteiger partial charge in [0.2, 0.25) is 0 Å². The van der Waals surface area contributed by atoms with Gasteiger partial charge in [-0.05, 0) is 64.3 Å². The van der Waals surface area contributed by atoms with Gasteiger partial charge >= 0.3 is 0 Å². The Kier molecular flexibility index (Phi) is 5.80. The van der Waals surface area contributed by atoms with Crippen molar-refractivity contribution < 1.29 is 4.74 Å². The number of pyridine rings is 1. The van der Waals surface area contributed by atoms with E-state index >= 15 is 0 Å². The number of H-pyrrole nitrogens is 1. The molecule has 6 nitrogen and oxygen atoms in total. The third-order valence-electron chi connectivity index (χ3n) is 6.49. The summed E-state index contributed by atoms with van der Waals surface area (Å²) in [5.74, 6) is 0. The van der Waals surface area contributed by atoms with Gasteiger partial charge in [0.1, 0.15) is 0 Å². The van der Waals surface area contributed by atoms with Crippen LogP contribution in [-0.2, 0) is 17.8 Å². The monoisotopic (exact) mass is 383 g/mol. The van der Waals surface area contributed by atoms with Crippen LogP contribution in [0.25, 0.3) is 0 Å². The van der Waals surface area contributed by atoms with Gasteiger partial charge in [-0.2, -0.15) is 5.10 Å². The molecule has 0 radical (unpaired) electrons. The molecule has 0 aromatic carbocycles. The highest BCUT2D eigenvalue weighted by molar-refractivity contribution is 5.23. The first-order chi connectivity index (χ1) is 13.5. The van der Waals surface area contributed by atoms with E-state index in [-0.39, 0.29) is 5.60 Å². The summed E-state index contributed by atoms with van der Waals surface area (Å²) in [6.07, 6.45) is 8.77. The number of nitrogens with one attached hydrogen (secondary N) is 1. The Hall–Kier alpha value is -1.76. The maximum absolute atomic E-state index is 6.63. The van der Waals surface area contributed by atoms with Gasteiger partial charge in [-0.3, -0.25) is 19.9 Å². The smallest absolute Gasteiger partial charge is 0.0712 e. The predicted octanol–water partition coefficient (Wildman–Crippen LogP) is 3.07. The number of hydrogen-bond acceptors (Lipinski definition) is 5. The van der Waals surface area contributed by atoms with Crippen LogP contribution in [0.5, 0.6) is 0 Å². The minimum absolute atomic E-state index is 0.110. The topological polar surface area (TPSA) is 57.3 Å². The Morgan fingerprint density at radius 2 is 1.96 bits per heavy atom. The molecule has 0 amide bonds. The molecule has 0 aliphatic carbocycles. The van der Waals surface area contributed by atoms with Gasteiger partial charge in [0.05, 0.1) is 17.4 Å². The van der Waals surface area contributed by atoms with Gasteiger partial charge in [0, 0.05) is 56.4 Å². The van der Waals surface area contributed by atoms with E-state index in [1.165, 1.54) is 29.7 Å². The van der Waals surface area contributed by atoms with E-state index in [0.717, 1.165) is 51.3 Å². The second-order valence-electron chi connectivity index (χ2n) is 8.70. The van der Waals surface area contributed by atoms with Crippen LogP contribution in [0, 0.1) is 13.8 Å². The quantitative estimate of drug-likeness (QED) is 0.831. The molecule has 2 fully saturated rings. The van der Waals surface area contributed by atoms with Gasteiger partial charge in [0.15, 0.2) is 0 Å². The summed E-state index contributed by atoms with van der Waals surface area (Å²) in [4.78, 5) is 9.03. The zero-order valence-electron chi connectivity index (χ0n) is 17.4. The molecule has 1 spiro atoms. The minimum Gasteiger partial charge on any atom is -0.370 e. The van der Waals surface area contributed by atoms with E-state index in [0.29, 0.717) is 6.10 Å². The van der Waals surface area contributed by atoms with Crippen molar-refractivity contribution in [3.05, 3.63) is 47.0 Å². The maximum Gasteiger partial charge on any atom is 0.0712 e. The molecule has 0 saturated carbocycles. The highest BCUT2D eigenvalue weighted by Gasteiger charge is 2.42. The molecule has 2 aromatic heterocycles. The van der Waals surface area contributed by atoms with Gasteiger partial charge in [-0.15, -0.1) is 0 Å². The van der Waals surface area contributed by atoms with Crippen LogP contribution in [0.1, 0.15) is 48.2 Å². The fourth-order valence-corrected chi connectivity index (χ4v) is 4.75. The number of rotatable bonds is 6. The molecule has 1 unspecified atom stereocenters. The van der Waals surface area contributed by atoms with Gasteiger partial charge in [0.25, 0.3) is 0 Å². The normalized spacial score (nSPS) is 22.4. The molecule has 6 heteroatoms. The molecule has 2 aromatic rings. The van der Waals surface area contributed by atoms with Crippen molar-refractivity contribution in [1.82, 2.24) is 25.0 Å². The third kappa shape index (κ3) is 4.45. The Balaban J connectivity index is 1.25. The highest BCUT2D eigenvalue weighted by atomic mass is 16.5. The average molecular weight is 384 g/mol. The molecular weight excluding hydrogens is 350 g/mol. The number of nitrogens with zero attached hydrogens (tertiary/aromatic N) is 4. The van der Waals surface area contributed by atoms with Crippen LogP contribution in [0.15, 0.2) is 24.5 Å². The number of aromatic nitrogens is 3. The van der Waals surface area contributed by atoms with Crippen molar-refractivity contribution in [1.29, 1.82) is 0 Å². The van der Waals surface area contributed by atoms with Gasteiger partial charge < -0.3 is 4.74 Å². The summed E-state index contributed by atoms with van der Waals surface area (Å²) < 4.78 is 6.63. The SMILES string of the molecule is Cc1n[nH]c(C)c1CN1CCC2(CCC(CN(C)Cc3ccncc3)O2)CC1. The average Bonchev–Trinajstić information content (AvgIpc) is 3.22. The van der Waals surface area contributed by atoms with Gasteiger partial charge in [-0.25, -0.2) is 0 Å². The lowest BCUT2D eigenvalue weighted by Gasteiger charge is -2.39. The molecule has 4 heterocycles. The zero-order chi connectivity index (χ0) is 19.6. The van der Waals surface area contributed by atoms with Crippen LogP contribution in [0.3, 0.4) is 0 Å². The van der Waals surface area contributed by atoms with E-state index < -0.39 is 0 Å². The first-order valence-electron chi connectivity index (χ1n) is 10.5. The molecule has 2 aliphatic rings. The van der Waals surface area contributed by atoms with Crippen molar-refractivity contribution in [2.45, 2.75) is 64.3 Å². The number of likely N-dealkylation sites (tertiary alicyclic amines) is 1. The van der Waals surface area contributed by atoms with Crippen LogP contribution in [0.4, 0.5) is 0 Å². The highest BCUT2D eigenvalue weighted by Crippen LogP contribution is 2.39. The largest absolute Gasteiger partial charge is 0.370 e. The molecule has 0 bridgehead atoms. The number of hydrogen-bond donors (Lipinski definition) is 1. The van der Waals surface area contributed by atoms with Crippen molar-refractivity contribution in [3.8, 4) is 0 Å². The molecular formula is C22H33N5O. The number of aromatic amines is 1. The van der Waals surface area contributed by atoms with Crippen molar-refractivity contribution in [2.24, 2.45) is 0 Å². The van der Waals surface area contributed by atoms with E-state index in [1.807, 2.05) is 12.4 Å². The van der Waals surface area contributed by atoms with Crippen molar-refractivity contribution in [2.75, 3.05) is 26.7 Å². The zero-order valence-corrected chi connectivity index (χ0v) is 17.4. The van der Waals surface area contributed by atoms with Crippen molar-refractivity contribution in [3.63, 3.8) is 0 Å². The first-order valence-corrected chi connectivity index (χ1v) is 10.5. The Bertz CT molecular complexity index is 747. The predicted molar refractivity (Wildman–Crippen MR) is 110 cm³/mol. The Labute approximate surface area is 168 Å². The van der Waals surface area contributed by atoms with Crippen LogP contribution < -0.4 is 0 Å². The van der Waals surface area contributed by atoms with E-state index in [1.54, 1.807) is 0 Å². The van der Waals surface area contributed by atoms with E-state index in [9.17, 15) is 0 Å². The first kappa shape index (κ1) is 19.6. The summed E-state index contributed by atoms with van der Waals surface area (Å²) in [6.45, 7) is 9.40. The Morgan fingerprint density at radius 1 is 1.21 bits per heavy atom. The summed E-state index contributed by atoms with van der Waals surface area (Å²) in [7, 11) is 2.19.